The van der Waals surface area contributed by atoms with E-state index in [2.05, 4.69) is 61.6 Å². The van der Waals surface area contributed by atoms with E-state index >= 15 is 0 Å². The fourth-order valence-electron chi connectivity index (χ4n) is 5.94. The van der Waals surface area contributed by atoms with Crippen LogP contribution in [-0.4, -0.2) is 18.8 Å². The van der Waals surface area contributed by atoms with E-state index in [1.165, 1.54) is 101 Å². The summed E-state index contributed by atoms with van der Waals surface area (Å²) in [5, 5.41) is 11.5. The van der Waals surface area contributed by atoms with Crippen molar-refractivity contribution in [2.24, 2.45) is 0 Å². The van der Waals surface area contributed by atoms with E-state index in [1.807, 2.05) is 0 Å². The number of hydrogen-bond donors (Lipinski definition) is 1. The second-order valence-corrected chi connectivity index (χ2v) is 20.2. The van der Waals surface area contributed by atoms with Crippen LogP contribution in [0.2, 0.25) is 18.1 Å². The minimum absolute atomic E-state index is 0.0768. The van der Waals surface area contributed by atoms with Crippen molar-refractivity contribution in [1.29, 1.82) is 0 Å². The van der Waals surface area contributed by atoms with E-state index in [1.54, 1.807) is 0 Å². The lowest BCUT2D eigenvalue weighted by Crippen LogP contribution is -2.41. The zero-order valence-corrected chi connectivity index (χ0v) is 28.1. The van der Waals surface area contributed by atoms with Crippen molar-refractivity contribution in [3.63, 3.8) is 0 Å². The third-order valence-corrected chi connectivity index (χ3v) is 15.4. The molecule has 1 aromatic rings. The van der Waals surface area contributed by atoms with Crippen LogP contribution in [0, 0.1) is 13.8 Å². The molecule has 1 aliphatic heterocycles. The fraction of sp³-hybridized carbons (Fsp3) is 0.829. The molecule has 0 radical (unpaired) electrons. The second kappa shape index (κ2) is 15.2. The third kappa shape index (κ3) is 9.60. The summed E-state index contributed by atoms with van der Waals surface area (Å²) in [5.41, 5.74) is 4.57. The Kier molecular flexibility index (Phi) is 13.3. The van der Waals surface area contributed by atoms with Gasteiger partial charge in [0.05, 0.1) is 8.07 Å². The molecule has 0 aliphatic carbocycles. The number of aromatic hydroxyl groups is 1. The standard InChI is InChI=1S/C35H64O2Si/c1-10-11-12-13-14-15-16-17-18-19-20-21-22-23-25-35(7)26-24-30-31(27-38(8,9)34(4,5)6)32(36)28(2)29(3)33(30)37-35/h36H,10-27H2,1-9H3. The van der Waals surface area contributed by atoms with E-state index in [9.17, 15) is 5.11 Å². The summed E-state index contributed by atoms with van der Waals surface area (Å²) < 4.78 is 6.84. The van der Waals surface area contributed by atoms with Crippen LogP contribution in [0.1, 0.15) is 160 Å². The lowest BCUT2D eigenvalue weighted by atomic mass is 9.84. The maximum atomic E-state index is 11.2. The van der Waals surface area contributed by atoms with Gasteiger partial charge in [-0.3, -0.25) is 0 Å². The summed E-state index contributed by atoms with van der Waals surface area (Å²) in [5.74, 6) is 1.62. The largest absolute Gasteiger partial charge is 0.507 e. The van der Waals surface area contributed by atoms with Gasteiger partial charge in [0, 0.05) is 5.56 Å². The van der Waals surface area contributed by atoms with Crippen molar-refractivity contribution >= 4 is 8.07 Å². The molecular weight excluding hydrogens is 480 g/mol. The first kappa shape index (κ1) is 33.2. The highest BCUT2D eigenvalue weighted by Gasteiger charge is 2.39. The van der Waals surface area contributed by atoms with Crippen LogP contribution in [0.3, 0.4) is 0 Å². The highest BCUT2D eigenvalue weighted by Crippen LogP contribution is 2.48. The molecule has 3 heteroatoms. The molecule has 1 heterocycles. The van der Waals surface area contributed by atoms with Crippen LogP contribution in [-0.2, 0) is 12.5 Å². The number of unbranched alkanes of at least 4 members (excludes halogenated alkanes) is 13. The molecule has 220 valence electrons. The fourth-order valence-corrected chi connectivity index (χ4v) is 7.73. The number of phenolic OH excluding ortho intramolecular Hbond substituents is 1. The summed E-state index contributed by atoms with van der Waals surface area (Å²) >= 11 is 0. The molecule has 1 atom stereocenters. The van der Waals surface area contributed by atoms with Gasteiger partial charge in [-0.05, 0) is 74.2 Å². The van der Waals surface area contributed by atoms with E-state index in [4.69, 9.17) is 4.74 Å². The van der Waals surface area contributed by atoms with Gasteiger partial charge in [0.15, 0.2) is 0 Å². The molecule has 0 amide bonds. The minimum atomic E-state index is -1.58. The number of ether oxygens (including phenoxy) is 1. The molecule has 0 bridgehead atoms. The van der Waals surface area contributed by atoms with Crippen molar-refractivity contribution in [1.82, 2.24) is 0 Å². The summed E-state index contributed by atoms with van der Waals surface area (Å²) in [4.78, 5) is 0. The Balaban J connectivity index is 1.80. The van der Waals surface area contributed by atoms with Crippen LogP contribution >= 0.6 is 0 Å². The van der Waals surface area contributed by atoms with Gasteiger partial charge in [0.2, 0.25) is 0 Å². The molecule has 1 aliphatic rings. The zero-order chi connectivity index (χ0) is 28.4. The van der Waals surface area contributed by atoms with Crippen molar-refractivity contribution < 1.29 is 9.84 Å². The monoisotopic (exact) mass is 544 g/mol. The molecule has 1 N–H and O–H groups in total. The molecule has 1 aromatic carbocycles. The maximum Gasteiger partial charge on any atom is 0.127 e. The number of phenols is 1. The zero-order valence-electron chi connectivity index (χ0n) is 27.1. The highest BCUT2D eigenvalue weighted by molar-refractivity contribution is 6.79. The second-order valence-electron chi connectivity index (χ2n) is 14.6. The Morgan fingerprint density at radius 3 is 1.74 bits per heavy atom. The van der Waals surface area contributed by atoms with Gasteiger partial charge in [-0.15, -0.1) is 0 Å². The Bertz CT molecular complexity index is 851. The maximum absolute atomic E-state index is 11.2. The molecule has 0 spiro atoms. The number of benzene rings is 1. The van der Waals surface area contributed by atoms with Crippen LogP contribution in [0.5, 0.6) is 11.5 Å². The first-order valence-corrected chi connectivity index (χ1v) is 19.6. The van der Waals surface area contributed by atoms with Gasteiger partial charge in [-0.25, -0.2) is 0 Å². The van der Waals surface area contributed by atoms with E-state index in [0.29, 0.717) is 10.8 Å². The normalized spacial score (nSPS) is 17.9. The molecule has 0 fully saturated rings. The molecule has 0 saturated heterocycles. The predicted octanol–water partition coefficient (Wildman–Crippen LogP) is 11.6. The first-order chi connectivity index (χ1) is 17.8. The van der Waals surface area contributed by atoms with Crippen LogP contribution in [0.15, 0.2) is 0 Å². The first-order valence-electron chi connectivity index (χ1n) is 16.4. The van der Waals surface area contributed by atoms with Crippen LogP contribution in [0.4, 0.5) is 0 Å². The summed E-state index contributed by atoms with van der Waals surface area (Å²) in [6, 6.07) is 1.02. The summed E-state index contributed by atoms with van der Waals surface area (Å²) in [6.07, 6.45) is 22.8. The van der Waals surface area contributed by atoms with E-state index in [0.717, 1.165) is 42.2 Å². The number of rotatable bonds is 17. The molecule has 2 nitrogen and oxygen atoms in total. The summed E-state index contributed by atoms with van der Waals surface area (Å²) in [6.45, 7) is 20.9. The van der Waals surface area contributed by atoms with Crippen molar-refractivity contribution in [3.8, 4) is 11.5 Å². The molecule has 1 unspecified atom stereocenters. The Labute approximate surface area is 238 Å². The number of fused-ring (bicyclic) bond motifs is 1. The average Bonchev–Trinajstić information content (AvgIpc) is 2.85. The Morgan fingerprint density at radius 2 is 1.26 bits per heavy atom. The number of hydrogen-bond acceptors (Lipinski definition) is 2. The molecule has 0 aromatic heterocycles. The van der Waals surface area contributed by atoms with Crippen molar-refractivity contribution in [3.05, 3.63) is 22.3 Å². The van der Waals surface area contributed by atoms with Gasteiger partial charge < -0.3 is 9.84 Å². The highest BCUT2D eigenvalue weighted by atomic mass is 28.3. The lowest BCUT2D eigenvalue weighted by Gasteiger charge is -2.41. The Hall–Kier alpha value is -0.963. The van der Waals surface area contributed by atoms with Gasteiger partial charge in [0.1, 0.15) is 17.1 Å². The van der Waals surface area contributed by atoms with E-state index in [-0.39, 0.29) is 5.60 Å². The van der Waals surface area contributed by atoms with Gasteiger partial charge >= 0.3 is 0 Å². The molecule has 0 saturated carbocycles. The molecule has 38 heavy (non-hydrogen) atoms. The Morgan fingerprint density at radius 1 is 0.789 bits per heavy atom. The SMILES string of the molecule is CCCCCCCCCCCCCCCCC1(C)CCc2c(C[Si](C)(C)C(C)(C)C)c(O)c(C)c(C)c2O1. The topological polar surface area (TPSA) is 29.5 Å². The van der Waals surface area contributed by atoms with Gasteiger partial charge in [-0.1, -0.05) is 124 Å². The molecule has 2 rings (SSSR count). The summed E-state index contributed by atoms with van der Waals surface area (Å²) in [7, 11) is -1.58. The average molecular weight is 545 g/mol. The van der Waals surface area contributed by atoms with Crippen LogP contribution in [0.25, 0.3) is 0 Å². The van der Waals surface area contributed by atoms with Crippen molar-refractivity contribution in [2.45, 2.75) is 187 Å². The predicted molar refractivity (Wildman–Crippen MR) is 171 cm³/mol. The smallest absolute Gasteiger partial charge is 0.127 e. The van der Waals surface area contributed by atoms with Crippen LogP contribution < -0.4 is 4.74 Å². The van der Waals surface area contributed by atoms with Crippen molar-refractivity contribution in [2.75, 3.05) is 0 Å². The van der Waals surface area contributed by atoms with E-state index < -0.39 is 8.07 Å². The van der Waals surface area contributed by atoms with Gasteiger partial charge in [0.25, 0.3) is 0 Å². The quantitative estimate of drug-likeness (QED) is 0.156. The minimum Gasteiger partial charge on any atom is -0.507 e. The lowest BCUT2D eigenvalue weighted by molar-refractivity contribution is 0.0521. The molecular formula is C35H64O2Si. The van der Waals surface area contributed by atoms with Gasteiger partial charge in [-0.2, -0.15) is 0 Å². The third-order valence-electron chi connectivity index (χ3n) is 10.1.